The molecule has 1 aromatic rings. The monoisotopic (exact) mass is 338 g/mol. The number of hydrogen-bond acceptors (Lipinski definition) is 4. The van der Waals surface area contributed by atoms with Gasteiger partial charge < -0.3 is 20.3 Å². The number of nitrogens with zero attached hydrogens (tertiary/aromatic N) is 4. The minimum Gasteiger partial charge on any atom is -0.383 e. The molecule has 0 aliphatic rings. The normalized spacial score (nSPS) is 11.7. The maximum absolute atomic E-state index is 11.7. The topological polar surface area (TPSA) is 83.8 Å². The number of carbonyl (C=O) groups is 1. The molecule has 8 heteroatoms. The van der Waals surface area contributed by atoms with Gasteiger partial charge in [-0.15, -0.1) is 0 Å². The van der Waals surface area contributed by atoms with Gasteiger partial charge in [0.05, 0.1) is 18.8 Å². The summed E-state index contributed by atoms with van der Waals surface area (Å²) in [5.74, 6) is 0.928. The van der Waals surface area contributed by atoms with E-state index in [1.54, 1.807) is 14.2 Å². The number of hydrogen-bond donors (Lipinski definition) is 2. The van der Waals surface area contributed by atoms with Gasteiger partial charge in [-0.3, -0.25) is 14.5 Å². The molecule has 0 saturated carbocycles. The maximum atomic E-state index is 11.7. The predicted molar refractivity (Wildman–Crippen MR) is 95.0 cm³/mol. The summed E-state index contributed by atoms with van der Waals surface area (Å²) in [4.78, 5) is 18.0. The summed E-state index contributed by atoms with van der Waals surface area (Å²) in [6.45, 7) is 6.10. The van der Waals surface area contributed by atoms with Crippen molar-refractivity contribution in [3.05, 3.63) is 17.5 Å². The van der Waals surface area contributed by atoms with Gasteiger partial charge in [0.15, 0.2) is 5.96 Å². The zero-order valence-corrected chi connectivity index (χ0v) is 15.6. The molecule has 0 bridgehead atoms. The lowest BCUT2D eigenvalue weighted by atomic mass is 10.1. The van der Waals surface area contributed by atoms with Crippen molar-refractivity contribution in [1.82, 2.24) is 25.3 Å². The molecule has 0 aliphatic carbocycles. The number of guanidine groups is 1. The van der Waals surface area contributed by atoms with Gasteiger partial charge in [0, 0.05) is 53.1 Å². The largest absolute Gasteiger partial charge is 0.383 e. The Kier molecular flexibility index (Phi) is 8.25. The third kappa shape index (κ3) is 6.19. The summed E-state index contributed by atoms with van der Waals surface area (Å²) in [6, 6.07) is 0. The van der Waals surface area contributed by atoms with Crippen LogP contribution < -0.4 is 10.6 Å². The van der Waals surface area contributed by atoms with E-state index in [9.17, 15) is 4.79 Å². The lowest BCUT2D eigenvalue weighted by Gasteiger charge is -2.22. The highest BCUT2D eigenvalue weighted by atomic mass is 16.5. The Balaban J connectivity index is 2.58. The second kappa shape index (κ2) is 9.92. The van der Waals surface area contributed by atoms with Crippen LogP contribution in [-0.2, 0) is 23.1 Å². The molecule has 0 aromatic carbocycles. The molecule has 24 heavy (non-hydrogen) atoms. The number of aliphatic imine (C=N–C) groups is 1. The Morgan fingerprint density at radius 3 is 2.75 bits per heavy atom. The van der Waals surface area contributed by atoms with Crippen molar-refractivity contribution in [2.24, 2.45) is 12.0 Å². The average Bonchev–Trinajstić information content (AvgIpc) is 2.89. The highest BCUT2D eigenvalue weighted by Crippen LogP contribution is 2.18. The highest BCUT2D eigenvalue weighted by Gasteiger charge is 2.15. The van der Waals surface area contributed by atoms with E-state index < -0.39 is 0 Å². The number of rotatable bonds is 8. The summed E-state index contributed by atoms with van der Waals surface area (Å²) < 4.78 is 6.73. The summed E-state index contributed by atoms with van der Waals surface area (Å²) >= 11 is 0. The Hall–Kier alpha value is -2.09. The molecule has 1 amide bonds. The van der Waals surface area contributed by atoms with E-state index in [-0.39, 0.29) is 12.5 Å². The minimum atomic E-state index is -0.0918. The number of methoxy groups -OCH3 is 1. The first-order valence-electron chi connectivity index (χ1n) is 8.08. The second-order valence-electron chi connectivity index (χ2n) is 5.97. The van der Waals surface area contributed by atoms with Gasteiger partial charge >= 0.3 is 0 Å². The fourth-order valence-electron chi connectivity index (χ4n) is 2.39. The Morgan fingerprint density at radius 1 is 1.46 bits per heavy atom. The number of ether oxygens (including phenoxy) is 1. The predicted octanol–water partition coefficient (Wildman–Crippen LogP) is 0.313. The van der Waals surface area contributed by atoms with E-state index in [0.29, 0.717) is 31.6 Å². The van der Waals surface area contributed by atoms with Crippen LogP contribution in [0.3, 0.4) is 0 Å². The molecule has 136 valence electrons. The molecule has 1 heterocycles. The first kappa shape index (κ1) is 20.0. The van der Waals surface area contributed by atoms with Crippen LogP contribution in [0.4, 0.5) is 0 Å². The van der Waals surface area contributed by atoms with Gasteiger partial charge in [-0.1, -0.05) is 13.8 Å². The van der Waals surface area contributed by atoms with Crippen molar-refractivity contribution in [1.29, 1.82) is 0 Å². The second-order valence-corrected chi connectivity index (χ2v) is 5.97. The number of carbonyl (C=O) groups excluding carboxylic acids is 1. The Labute approximate surface area is 144 Å². The standard InChI is InChI=1S/C16H30N6O2/c1-12(2)15-13(11-22(5)20-15)10-21(4)16(17-3)19-9-14(23)18-7-8-24-6/h11-12H,7-10H2,1-6H3,(H,17,19)(H,18,23). The Morgan fingerprint density at radius 2 is 2.17 bits per heavy atom. The fraction of sp³-hybridized carbons (Fsp3) is 0.688. The van der Waals surface area contributed by atoms with Crippen molar-refractivity contribution in [3.63, 3.8) is 0 Å². The molecule has 0 aliphatic heterocycles. The SMILES string of the molecule is CN=C(NCC(=O)NCCOC)N(C)Cc1cn(C)nc1C(C)C. The van der Waals surface area contributed by atoms with Crippen LogP contribution in [0, 0.1) is 0 Å². The van der Waals surface area contributed by atoms with Crippen LogP contribution in [0.2, 0.25) is 0 Å². The molecule has 0 saturated heterocycles. The zero-order chi connectivity index (χ0) is 18.1. The molecule has 0 atom stereocenters. The number of aromatic nitrogens is 2. The third-order valence-corrected chi connectivity index (χ3v) is 3.50. The van der Waals surface area contributed by atoms with Crippen LogP contribution in [0.5, 0.6) is 0 Å². The molecule has 0 radical (unpaired) electrons. The molecule has 0 spiro atoms. The van der Waals surface area contributed by atoms with Crippen LogP contribution in [0.15, 0.2) is 11.2 Å². The zero-order valence-electron chi connectivity index (χ0n) is 15.6. The summed E-state index contributed by atoms with van der Waals surface area (Å²) in [5.41, 5.74) is 2.24. The first-order chi connectivity index (χ1) is 11.4. The van der Waals surface area contributed by atoms with Crippen LogP contribution in [0.25, 0.3) is 0 Å². The molecule has 0 fully saturated rings. The quantitative estimate of drug-likeness (QED) is 0.405. The van der Waals surface area contributed by atoms with Gasteiger partial charge in [-0.05, 0) is 5.92 Å². The van der Waals surface area contributed by atoms with Gasteiger partial charge in [0.2, 0.25) is 5.91 Å². The fourth-order valence-corrected chi connectivity index (χ4v) is 2.39. The van der Waals surface area contributed by atoms with Crippen molar-refractivity contribution in [2.75, 3.05) is 40.9 Å². The number of aryl methyl sites for hydroxylation is 1. The van der Waals surface area contributed by atoms with Crippen LogP contribution in [-0.4, -0.2) is 67.4 Å². The van der Waals surface area contributed by atoms with Gasteiger partial charge in [-0.25, -0.2) is 0 Å². The first-order valence-corrected chi connectivity index (χ1v) is 8.08. The highest BCUT2D eigenvalue weighted by molar-refractivity contribution is 5.86. The molecular weight excluding hydrogens is 308 g/mol. The third-order valence-electron chi connectivity index (χ3n) is 3.50. The number of amides is 1. The minimum absolute atomic E-state index is 0.0918. The number of nitrogens with one attached hydrogen (secondary N) is 2. The van der Waals surface area contributed by atoms with Crippen molar-refractivity contribution in [2.45, 2.75) is 26.3 Å². The summed E-state index contributed by atoms with van der Waals surface area (Å²) in [5, 5.41) is 10.4. The van der Waals surface area contributed by atoms with Crippen molar-refractivity contribution in [3.8, 4) is 0 Å². The average molecular weight is 338 g/mol. The Bertz CT molecular complexity index is 553. The van der Waals surface area contributed by atoms with E-state index in [1.165, 1.54) is 0 Å². The molecule has 1 aromatic heterocycles. The van der Waals surface area contributed by atoms with Crippen LogP contribution >= 0.6 is 0 Å². The van der Waals surface area contributed by atoms with Gasteiger partial charge in [-0.2, -0.15) is 5.10 Å². The van der Waals surface area contributed by atoms with E-state index in [1.807, 2.05) is 29.9 Å². The molecule has 2 N–H and O–H groups in total. The van der Waals surface area contributed by atoms with E-state index in [2.05, 4.69) is 34.6 Å². The summed E-state index contributed by atoms with van der Waals surface area (Å²) in [7, 11) is 7.17. The van der Waals surface area contributed by atoms with Crippen LogP contribution in [0.1, 0.15) is 31.0 Å². The lowest BCUT2D eigenvalue weighted by Crippen LogP contribution is -2.44. The molecule has 0 unspecified atom stereocenters. The van der Waals surface area contributed by atoms with E-state index in [4.69, 9.17) is 4.74 Å². The smallest absolute Gasteiger partial charge is 0.239 e. The lowest BCUT2D eigenvalue weighted by molar-refractivity contribution is -0.120. The maximum Gasteiger partial charge on any atom is 0.239 e. The summed E-state index contributed by atoms with van der Waals surface area (Å²) in [6.07, 6.45) is 2.02. The van der Waals surface area contributed by atoms with E-state index in [0.717, 1.165) is 11.3 Å². The molecular formula is C16H30N6O2. The molecule has 1 rings (SSSR count). The van der Waals surface area contributed by atoms with Gasteiger partial charge in [0.1, 0.15) is 0 Å². The van der Waals surface area contributed by atoms with Crippen molar-refractivity contribution < 1.29 is 9.53 Å². The van der Waals surface area contributed by atoms with Gasteiger partial charge in [0.25, 0.3) is 0 Å². The molecule has 8 nitrogen and oxygen atoms in total. The van der Waals surface area contributed by atoms with E-state index >= 15 is 0 Å². The van der Waals surface area contributed by atoms with Crippen molar-refractivity contribution >= 4 is 11.9 Å².